The lowest BCUT2D eigenvalue weighted by Gasteiger charge is -2.19. The zero-order chi connectivity index (χ0) is 21.8. The number of fused-ring (bicyclic) bond motifs is 2. The molecule has 156 valence electrons. The fourth-order valence-electron chi connectivity index (χ4n) is 3.52. The predicted octanol–water partition coefficient (Wildman–Crippen LogP) is 6.74. The van der Waals surface area contributed by atoms with Gasteiger partial charge in [0.1, 0.15) is 16.3 Å². The predicted molar refractivity (Wildman–Crippen MR) is 125 cm³/mol. The summed E-state index contributed by atoms with van der Waals surface area (Å²) in [5.74, 6) is 0. The number of carbonyl (C=O) groups excluding carboxylic acids is 1. The molecule has 6 nitrogen and oxygen atoms in total. The van der Waals surface area contributed by atoms with Gasteiger partial charge in [0.15, 0.2) is 0 Å². The van der Waals surface area contributed by atoms with E-state index in [0.717, 1.165) is 43.8 Å². The minimum atomic E-state index is -0.599. The molecule has 1 aromatic carbocycles. The highest BCUT2D eigenvalue weighted by molar-refractivity contribution is 7.13. The van der Waals surface area contributed by atoms with Crippen LogP contribution in [0.1, 0.15) is 20.8 Å². The molecule has 0 aliphatic rings. The zero-order valence-electron chi connectivity index (χ0n) is 17.1. The molecule has 31 heavy (non-hydrogen) atoms. The Morgan fingerprint density at radius 1 is 1.19 bits per heavy atom. The summed E-state index contributed by atoms with van der Waals surface area (Å²) in [5.41, 5.74) is 3.61. The van der Waals surface area contributed by atoms with Crippen LogP contribution in [0.25, 0.3) is 43.8 Å². The van der Waals surface area contributed by atoms with Crippen molar-refractivity contribution in [2.45, 2.75) is 26.4 Å². The summed E-state index contributed by atoms with van der Waals surface area (Å²) in [6.45, 7) is 5.53. The van der Waals surface area contributed by atoms with Crippen molar-refractivity contribution in [3.05, 3.63) is 59.3 Å². The second kappa shape index (κ2) is 7.21. The van der Waals surface area contributed by atoms with Crippen molar-refractivity contribution in [2.75, 3.05) is 0 Å². The highest BCUT2D eigenvalue weighted by Crippen LogP contribution is 2.37. The number of carbonyl (C=O) groups is 1. The van der Waals surface area contributed by atoms with Crippen molar-refractivity contribution >= 4 is 51.0 Å². The number of hydrogen-bond donors (Lipinski definition) is 1. The number of H-pyrrole nitrogens is 1. The first-order valence-electron chi connectivity index (χ1n) is 9.72. The maximum absolute atomic E-state index is 12.8. The Kier molecular flexibility index (Phi) is 4.60. The van der Waals surface area contributed by atoms with Crippen molar-refractivity contribution in [3.63, 3.8) is 0 Å². The lowest BCUT2D eigenvalue weighted by Crippen LogP contribution is -2.26. The van der Waals surface area contributed by atoms with Gasteiger partial charge in [0.25, 0.3) is 0 Å². The SMILES string of the molecule is CC(C)(C)OC(=O)n1cc(-c2nc(-c3c[nH]c4ncccc34)cs2)c2cc(Cl)ccc21. The summed E-state index contributed by atoms with van der Waals surface area (Å²) < 4.78 is 7.10. The minimum Gasteiger partial charge on any atom is -0.443 e. The van der Waals surface area contributed by atoms with Crippen molar-refractivity contribution in [2.24, 2.45) is 0 Å². The van der Waals surface area contributed by atoms with E-state index in [1.165, 1.54) is 15.9 Å². The van der Waals surface area contributed by atoms with Gasteiger partial charge in [0.05, 0.1) is 11.2 Å². The zero-order valence-corrected chi connectivity index (χ0v) is 18.7. The molecule has 0 amide bonds. The van der Waals surface area contributed by atoms with Gasteiger partial charge in [-0.3, -0.25) is 4.57 Å². The molecule has 4 heterocycles. The van der Waals surface area contributed by atoms with Crippen molar-refractivity contribution < 1.29 is 9.53 Å². The van der Waals surface area contributed by atoms with Crippen molar-refractivity contribution in [1.29, 1.82) is 0 Å². The Morgan fingerprint density at radius 3 is 2.84 bits per heavy atom. The first-order chi connectivity index (χ1) is 14.8. The van der Waals surface area contributed by atoms with Crippen LogP contribution in [-0.4, -0.2) is 31.2 Å². The molecule has 0 unspecified atom stereocenters. The third-order valence-corrected chi connectivity index (χ3v) is 5.93. The molecule has 0 spiro atoms. The van der Waals surface area contributed by atoms with E-state index in [2.05, 4.69) is 9.97 Å². The van der Waals surface area contributed by atoms with Gasteiger partial charge in [-0.25, -0.2) is 14.8 Å². The topological polar surface area (TPSA) is 72.8 Å². The van der Waals surface area contributed by atoms with Gasteiger partial charge in [-0.1, -0.05) is 11.6 Å². The summed E-state index contributed by atoms with van der Waals surface area (Å²) in [6, 6.07) is 9.36. The number of nitrogens with zero attached hydrogens (tertiary/aromatic N) is 3. The summed E-state index contributed by atoms with van der Waals surface area (Å²) in [4.78, 5) is 25.2. The molecule has 5 rings (SSSR count). The van der Waals surface area contributed by atoms with Gasteiger partial charge in [-0.05, 0) is 51.1 Å². The van der Waals surface area contributed by atoms with Gasteiger partial charge in [-0.2, -0.15) is 0 Å². The molecule has 0 aliphatic carbocycles. The smallest absolute Gasteiger partial charge is 0.419 e. The highest BCUT2D eigenvalue weighted by atomic mass is 35.5. The van der Waals surface area contributed by atoms with Crippen LogP contribution in [0, 0.1) is 0 Å². The number of benzene rings is 1. The van der Waals surface area contributed by atoms with Crippen LogP contribution in [0.15, 0.2) is 54.3 Å². The second-order valence-corrected chi connectivity index (χ2v) is 9.49. The number of aromatic nitrogens is 4. The Labute approximate surface area is 187 Å². The van der Waals surface area contributed by atoms with Crippen LogP contribution in [0.5, 0.6) is 0 Å². The molecule has 4 aromatic heterocycles. The van der Waals surface area contributed by atoms with E-state index in [4.69, 9.17) is 21.3 Å². The minimum absolute atomic E-state index is 0.439. The lowest BCUT2D eigenvalue weighted by molar-refractivity contribution is 0.0544. The summed E-state index contributed by atoms with van der Waals surface area (Å²) >= 11 is 7.79. The summed E-state index contributed by atoms with van der Waals surface area (Å²) in [6.07, 6.45) is 5.00. The van der Waals surface area contributed by atoms with Crippen LogP contribution >= 0.6 is 22.9 Å². The first kappa shape index (κ1) is 19.8. The fraction of sp³-hybridized carbons (Fsp3) is 0.174. The molecule has 0 saturated carbocycles. The fourth-order valence-corrected chi connectivity index (χ4v) is 4.54. The number of hydrogen-bond acceptors (Lipinski definition) is 5. The molecule has 0 fully saturated rings. The van der Waals surface area contributed by atoms with E-state index in [-0.39, 0.29) is 0 Å². The van der Waals surface area contributed by atoms with E-state index < -0.39 is 11.7 Å². The van der Waals surface area contributed by atoms with Gasteiger partial charge in [0.2, 0.25) is 0 Å². The van der Waals surface area contributed by atoms with Crippen LogP contribution in [0.4, 0.5) is 4.79 Å². The molecule has 0 atom stereocenters. The molecule has 0 bridgehead atoms. The molecular formula is C23H19ClN4O2S. The largest absolute Gasteiger partial charge is 0.443 e. The molecule has 0 aliphatic heterocycles. The quantitative estimate of drug-likeness (QED) is 0.323. The average Bonchev–Trinajstić information content (AvgIpc) is 3.42. The summed E-state index contributed by atoms with van der Waals surface area (Å²) in [5, 5.41) is 5.25. The van der Waals surface area contributed by atoms with E-state index in [1.807, 2.05) is 56.6 Å². The number of nitrogens with one attached hydrogen (secondary N) is 1. The number of thiazole rings is 1. The third kappa shape index (κ3) is 3.60. The Morgan fingerprint density at radius 2 is 2.03 bits per heavy atom. The first-order valence-corrected chi connectivity index (χ1v) is 11.0. The lowest BCUT2D eigenvalue weighted by atomic mass is 10.1. The van der Waals surface area contributed by atoms with Gasteiger partial charge < -0.3 is 9.72 Å². The van der Waals surface area contributed by atoms with Gasteiger partial charge in [0, 0.05) is 50.9 Å². The second-order valence-electron chi connectivity index (χ2n) is 8.19. The van der Waals surface area contributed by atoms with E-state index >= 15 is 0 Å². The van der Waals surface area contributed by atoms with Crippen molar-refractivity contribution in [3.8, 4) is 21.8 Å². The third-order valence-electron chi connectivity index (χ3n) is 4.82. The average molecular weight is 451 g/mol. The Hall–Kier alpha value is -3.16. The molecule has 8 heteroatoms. The Bertz CT molecular complexity index is 1440. The standard InChI is InChI=1S/C23H19ClN4O2S/c1-23(2,3)30-22(29)28-11-17(15-9-13(24)6-7-19(15)28)21-27-18(12-31-21)16-10-26-20-14(16)5-4-8-25-20/h4-12H,1-3H3,(H,25,26). The molecule has 5 aromatic rings. The number of halogens is 1. The summed E-state index contributed by atoms with van der Waals surface area (Å²) in [7, 11) is 0. The number of aromatic amines is 1. The van der Waals surface area contributed by atoms with Crippen LogP contribution in [-0.2, 0) is 4.74 Å². The van der Waals surface area contributed by atoms with E-state index in [1.54, 1.807) is 18.5 Å². The maximum atomic E-state index is 12.8. The monoisotopic (exact) mass is 450 g/mol. The van der Waals surface area contributed by atoms with Gasteiger partial charge >= 0.3 is 6.09 Å². The Balaban J connectivity index is 1.63. The van der Waals surface area contributed by atoms with E-state index in [9.17, 15) is 4.79 Å². The number of pyridine rings is 1. The van der Waals surface area contributed by atoms with Crippen LogP contribution in [0.3, 0.4) is 0 Å². The van der Waals surface area contributed by atoms with Crippen molar-refractivity contribution in [1.82, 2.24) is 19.5 Å². The maximum Gasteiger partial charge on any atom is 0.419 e. The molecular weight excluding hydrogens is 432 g/mol. The highest BCUT2D eigenvalue weighted by Gasteiger charge is 2.22. The molecule has 1 N–H and O–H groups in total. The van der Waals surface area contributed by atoms with E-state index in [0.29, 0.717) is 5.02 Å². The molecule has 0 radical (unpaired) electrons. The van der Waals surface area contributed by atoms with Gasteiger partial charge in [-0.15, -0.1) is 11.3 Å². The number of ether oxygens (including phenoxy) is 1. The molecule has 0 saturated heterocycles. The van der Waals surface area contributed by atoms with Crippen LogP contribution in [0.2, 0.25) is 5.02 Å². The normalized spacial score (nSPS) is 12.0. The number of rotatable bonds is 2. The van der Waals surface area contributed by atoms with Crippen LogP contribution < -0.4 is 0 Å².